The summed E-state index contributed by atoms with van der Waals surface area (Å²) in [7, 11) is 3.09. The fraction of sp³-hybridized carbons (Fsp3) is 0.500. The normalized spacial score (nSPS) is 11.1. The highest BCUT2D eigenvalue weighted by molar-refractivity contribution is 5.75. The van der Waals surface area contributed by atoms with Crippen molar-refractivity contribution in [2.75, 3.05) is 14.2 Å². The maximum Gasteiger partial charge on any atom is 0.246 e. The zero-order valence-corrected chi connectivity index (χ0v) is 12.6. The lowest BCUT2D eigenvalue weighted by Crippen LogP contribution is -2.25. The van der Waals surface area contributed by atoms with Crippen LogP contribution in [0, 0.1) is 20.8 Å². The molecule has 1 amide bonds. The molecule has 2 heterocycles. The molecule has 6 heteroatoms. The molecular formula is C14H20N4O2. The van der Waals surface area contributed by atoms with Crippen molar-refractivity contribution in [3.8, 4) is 0 Å². The molecule has 0 aromatic carbocycles. The second kappa shape index (κ2) is 5.58. The summed E-state index contributed by atoms with van der Waals surface area (Å²) < 4.78 is 1.84. The van der Waals surface area contributed by atoms with Gasteiger partial charge < -0.3 is 0 Å². The van der Waals surface area contributed by atoms with Gasteiger partial charge in [0, 0.05) is 30.9 Å². The lowest BCUT2D eigenvalue weighted by Gasteiger charge is -2.15. The number of hydroxylamine groups is 2. The molecule has 0 aliphatic heterocycles. The van der Waals surface area contributed by atoms with Crippen LogP contribution >= 0.6 is 0 Å². The van der Waals surface area contributed by atoms with Gasteiger partial charge in [-0.25, -0.2) is 14.6 Å². The minimum atomic E-state index is -0.0527. The molecule has 0 saturated heterocycles. The Morgan fingerprint density at radius 2 is 2.10 bits per heavy atom. The first-order valence-corrected chi connectivity index (χ1v) is 6.57. The van der Waals surface area contributed by atoms with Crippen molar-refractivity contribution >= 4 is 11.6 Å². The summed E-state index contributed by atoms with van der Waals surface area (Å²) in [4.78, 5) is 21.2. The Morgan fingerprint density at radius 3 is 2.75 bits per heavy atom. The molecule has 108 valence electrons. The molecule has 6 nitrogen and oxygen atoms in total. The van der Waals surface area contributed by atoms with Crippen LogP contribution in [0.1, 0.15) is 29.1 Å². The number of aryl methyl sites for hydroxylation is 3. The second-order valence-electron chi connectivity index (χ2n) is 4.89. The Bertz CT molecular complexity index is 648. The van der Waals surface area contributed by atoms with Gasteiger partial charge in [-0.15, -0.1) is 0 Å². The van der Waals surface area contributed by atoms with Gasteiger partial charge in [0.1, 0.15) is 0 Å². The van der Waals surface area contributed by atoms with Crippen LogP contribution in [0.4, 0.5) is 0 Å². The number of amides is 1. The summed E-state index contributed by atoms with van der Waals surface area (Å²) in [5.74, 6) is -0.0527. The largest absolute Gasteiger partial charge is 0.275 e. The molecule has 2 rings (SSSR count). The Kier molecular flexibility index (Phi) is 4.04. The van der Waals surface area contributed by atoms with Crippen molar-refractivity contribution in [3.63, 3.8) is 0 Å². The van der Waals surface area contributed by atoms with E-state index in [1.807, 2.05) is 31.4 Å². The number of carbonyl (C=O) groups excluding carboxylic acids is 1. The number of aromatic nitrogens is 3. The summed E-state index contributed by atoms with van der Waals surface area (Å²) >= 11 is 0. The Balaban J connectivity index is 2.28. The molecule has 0 bridgehead atoms. The topological polar surface area (TPSA) is 59.7 Å². The van der Waals surface area contributed by atoms with Gasteiger partial charge in [0.15, 0.2) is 5.65 Å². The summed E-state index contributed by atoms with van der Waals surface area (Å²) in [6.07, 6.45) is 1.02. The van der Waals surface area contributed by atoms with E-state index in [2.05, 4.69) is 10.1 Å². The first-order valence-electron chi connectivity index (χ1n) is 6.57. The predicted molar refractivity (Wildman–Crippen MR) is 75.3 cm³/mol. The van der Waals surface area contributed by atoms with Crippen LogP contribution in [-0.4, -0.2) is 39.7 Å². The fourth-order valence-corrected chi connectivity index (χ4v) is 2.29. The molecule has 0 atom stereocenters. The number of rotatable bonds is 4. The predicted octanol–water partition coefficient (Wildman–Crippen LogP) is 1.61. The van der Waals surface area contributed by atoms with Gasteiger partial charge in [-0.1, -0.05) is 0 Å². The van der Waals surface area contributed by atoms with E-state index in [1.165, 1.54) is 12.2 Å². The van der Waals surface area contributed by atoms with Gasteiger partial charge in [0.05, 0.1) is 12.8 Å². The van der Waals surface area contributed by atoms with Crippen molar-refractivity contribution in [2.24, 2.45) is 0 Å². The van der Waals surface area contributed by atoms with E-state index in [-0.39, 0.29) is 5.91 Å². The molecule has 2 aromatic heterocycles. The van der Waals surface area contributed by atoms with Crippen LogP contribution in [0.15, 0.2) is 6.07 Å². The van der Waals surface area contributed by atoms with Crippen molar-refractivity contribution in [2.45, 2.75) is 33.6 Å². The molecule has 0 radical (unpaired) electrons. The summed E-state index contributed by atoms with van der Waals surface area (Å²) in [6, 6.07) is 1.95. The van der Waals surface area contributed by atoms with Crippen molar-refractivity contribution < 1.29 is 9.63 Å². The summed E-state index contributed by atoms with van der Waals surface area (Å²) in [5, 5.41) is 5.67. The summed E-state index contributed by atoms with van der Waals surface area (Å²) in [6.45, 7) is 5.92. The Labute approximate surface area is 118 Å². The monoisotopic (exact) mass is 276 g/mol. The second-order valence-corrected chi connectivity index (χ2v) is 4.89. The summed E-state index contributed by atoms with van der Waals surface area (Å²) in [5.41, 5.74) is 4.84. The quantitative estimate of drug-likeness (QED) is 0.796. The van der Waals surface area contributed by atoms with Crippen molar-refractivity contribution in [1.29, 1.82) is 0 Å². The van der Waals surface area contributed by atoms with E-state index >= 15 is 0 Å². The maximum absolute atomic E-state index is 11.8. The molecular weight excluding hydrogens is 256 g/mol. The Morgan fingerprint density at radius 1 is 1.40 bits per heavy atom. The number of hydrogen-bond acceptors (Lipinski definition) is 4. The smallest absolute Gasteiger partial charge is 0.246 e. The van der Waals surface area contributed by atoms with Crippen LogP contribution in [-0.2, 0) is 16.1 Å². The van der Waals surface area contributed by atoms with Gasteiger partial charge in [0.25, 0.3) is 0 Å². The number of fused-ring (bicyclic) bond motifs is 1. The third-order valence-electron chi connectivity index (χ3n) is 3.50. The molecule has 0 saturated carbocycles. The molecule has 0 N–H and O–H groups in total. The average Bonchev–Trinajstić information content (AvgIpc) is 2.77. The lowest BCUT2D eigenvalue weighted by atomic mass is 10.1. The van der Waals surface area contributed by atoms with Gasteiger partial charge in [-0.05, 0) is 32.8 Å². The minimum Gasteiger partial charge on any atom is -0.275 e. The van der Waals surface area contributed by atoms with Gasteiger partial charge >= 0.3 is 0 Å². The van der Waals surface area contributed by atoms with Crippen LogP contribution in [0.3, 0.4) is 0 Å². The molecule has 0 spiro atoms. The molecule has 20 heavy (non-hydrogen) atoms. The van der Waals surface area contributed by atoms with Gasteiger partial charge in [-0.2, -0.15) is 5.10 Å². The van der Waals surface area contributed by atoms with Gasteiger partial charge in [0.2, 0.25) is 5.91 Å². The molecule has 0 aliphatic carbocycles. The number of carbonyl (C=O) groups is 1. The van der Waals surface area contributed by atoms with Gasteiger partial charge in [-0.3, -0.25) is 9.63 Å². The first-order chi connectivity index (χ1) is 9.43. The third kappa shape index (κ3) is 2.65. The zero-order valence-electron chi connectivity index (χ0n) is 12.6. The average molecular weight is 276 g/mol. The Hall–Kier alpha value is -1.95. The fourth-order valence-electron chi connectivity index (χ4n) is 2.29. The SMILES string of the molecule is CON(C)C(=O)CCc1c(C)nc2cc(C)nn2c1C. The zero-order chi connectivity index (χ0) is 14.9. The van der Waals surface area contributed by atoms with Crippen molar-refractivity contribution in [3.05, 3.63) is 28.7 Å². The van der Waals surface area contributed by atoms with Crippen molar-refractivity contribution in [1.82, 2.24) is 19.7 Å². The number of hydrogen-bond donors (Lipinski definition) is 0. The van der Waals surface area contributed by atoms with E-state index in [9.17, 15) is 4.79 Å². The first kappa shape index (κ1) is 14.5. The van der Waals surface area contributed by atoms with E-state index in [1.54, 1.807) is 7.05 Å². The number of nitrogens with zero attached hydrogens (tertiary/aromatic N) is 4. The molecule has 0 aliphatic rings. The lowest BCUT2D eigenvalue weighted by molar-refractivity contribution is -0.168. The third-order valence-corrected chi connectivity index (χ3v) is 3.50. The highest BCUT2D eigenvalue weighted by Crippen LogP contribution is 2.17. The van der Waals surface area contributed by atoms with Crippen LogP contribution in [0.25, 0.3) is 5.65 Å². The molecule has 0 fully saturated rings. The molecule has 2 aromatic rings. The minimum absolute atomic E-state index is 0.0527. The standard InChI is InChI=1S/C14H20N4O2/c1-9-8-13-15-10(2)12(11(3)18(13)16-9)6-7-14(19)17(4)20-5/h8H,6-7H2,1-5H3. The highest BCUT2D eigenvalue weighted by atomic mass is 16.7. The van der Waals surface area contributed by atoms with Crippen LogP contribution < -0.4 is 0 Å². The van der Waals surface area contributed by atoms with E-state index in [0.717, 1.165) is 28.3 Å². The maximum atomic E-state index is 11.8. The van der Waals surface area contributed by atoms with E-state index < -0.39 is 0 Å². The highest BCUT2D eigenvalue weighted by Gasteiger charge is 2.14. The van der Waals surface area contributed by atoms with E-state index in [0.29, 0.717) is 12.8 Å². The molecule has 0 unspecified atom stereocenters. The van der Waals surface area contributed by atoms with E-state index in [4.69, 9.17) is 4.84 Å². The van der Waals surface area contributed by atoms with Crippen LogP contribution in [0.2, 0.25) is 0 Å². The van der Waals surface area contributed by atoms with Crippen LogP contribution in [0.5, 0.6) is 0 Å².